The molecular formula is C20H20BrNO6. The number of halogens is 1. The Morgan fingerprint density at radius 3 is 2.57 bits per heavy atom. The van der Waals surface area contributed by atoms with Gasteiger partial charge in [-0.05, 0) is 53.2 Å². The van der Waals surface area contributed by atoms with Gasteiger partial charge in [0.2, 0.25) is 0 Å². The van der Waals surface area contributed by atoms with Crippen molar-refractivity contribution in [2.24, 2.45) is 0 Å². The molecule has 1 unspecified atom stereocenters. The summed E-state index contributed by atoms with van der Waals surface area (Å²) in [5.74, 6) is -0.123. The summed E-state index contributed by atoms with van der Waals surface area (Å²) in [6, 6.07) is 7.52. The molecule has 28 heavy (non-hydrogen) atoms. The summed E-state index contributed by atoms with van der Waals surface area (Å²) in [5, 5.41) is 10.9. The first-order valence-corrected chi connectivity index (χ1v) is 9.36. The number of nitrogens with zero attached hydrogens (tertiary/aromatic N) is 1. The molecule has 1 fully saturated rings. The molecule has 0 radical (unpaired) electrons. The molecule has 7 nitrogen and oxygen atoms in total. The van der Waals surface area contributed by atoms with Crippen LogP contribution in [0.25, 0.3) is 5.76 Å². The maximum atomic E-state index is 12.8. The topological polar surface area (TPSA) is 89.2 Å². The Kier molecular flexibility index (Phi) is 5.90. The van der Waals surface area contributed by atoms with E-state index in [1.807, 2.05) is 0 Å². The van der Waals surface area contributed by atoms with Gasteiger partial charge in [-0.3, -0.25) is 9.59 Å². The average molecular weight is 450 g/mol. The van der Waals surface area contributed by atoms with Crippen molar-refractivity contribution in [3.8, 4) is 5.75 Å². The smallest absolute Gasteiger partial charge is 0.295 e. The molecule has 0 bridgehead atoms. The quantitative estimate of drug-likeness (QED) is 0.412. The third kappa shape index (κ3) is 3.57. The van der Waals surface area contributed by atoms with Gasteiger partial charge in [-0.15, -0.1) is 0 Å². The van der Waals surface area contributed by atoms with E-state index in [0.717, 1.165) is 0 Å². The Bertz CT molecular complexity index is 948. The van der Waals surface area contributed by atoms with Crippen LogP contribution in [0.4, 0.5) is 0 Å². The molecule has 1 aliphatic heterocycles. The first kappa shape index (κ1) is 20.2. The number of aryl methyl sites for hydroxylation is 1. The first-order valence-electron chi connectivity index (χ1n) is 8.56. The highest BCUT2D eigenvalue weighted by atomic mass is 79.9. The number of likely N-dealkylation sites (tertiary alicyclic amines) is 1. The maximum absolute atomic E-state index is 12.8. The zero-order chi connectivity index (χ0) is 20.4. The number of carbonyl (C=O) groups excluding carboxylic acids is 2. The number of benzene rings is 1. The van der Waals surface area contributed by atoms with Crippen LogP contribution in [0.15, 0.2) is 44.8 Å². The predicted octanol–water partition coefficient (Wildman–Crippen LogP) is 3.43. The van der Waals surface area contributed by atoms with Gasteiger partial charge in [-0.1, -0.05) is 0 Å². The number of methoxy groups -OCH3 is 2. The summed E-state index contributed by atoms with van der Waals surface area (Å²) in [7, 11) is 3.04. The second kappa shape index (κ2) is 8.20. The molecule has 2 aromatic rings. The molecule has 1 atom stereocenters. The van der Waals surface area contributed by atoms with Crippen molar-refractivity contribution >= 4 is 33.4 Å². The minimum absolute atomic E-state index is 0.0208. The number of carbonyl (C=O) groups is 2. The maximum Gasteiger partial charge on any atom is 0.295 e. The summed E-state index contributed by atoms with van der Waals surface area (Å²) >= 11 is 3.36. The summed E-state index contributed by atoms with van der Waals surface area (Å²) < 4.78 is 16.6. The number of hydrogen-bond acceptors (Lipinski definition) is 6. The van der Waals surface area contributed by atoms with Gasteiger partial charge in [0.05, 0.1) is 23.8 Å². The lowest BCUT2D eigenvalue weighted by Crippen LogP contribution is -2.32. The SMILES string of the molecule is COCCN1C(=O)C(=O)/C(=C(\O)c2ccc(OC)c(Br)c2)C1c1ccc(C)o1. The van der Waals surface area contributed by atoms with Crippen LogP contribution in [0.1, 0.15) is 23.1 Å². The number of ether oxygens (including phenoxy) is 2. The standard InChI is InChI=1S/C20H20BrNO6/c1-11-4-6-15(28-11)17-16(19(24)20(25)22(17)8-9-26-2)18(23)12-5-7-14(27-3)13(21)10-12/h4-7,10,17,23H,8-9H2,1-3H3/b18-16-. The van der Waals surface area contributed by atoms with E-state index in [-0.39, 0.29) is 24.5 Å². The summed E-state index contributed by atoms with van der Waals surface area (Å²) in [5.41, 5.74) is 0.359. The molecular weight excluding hydrogens is 430 g/mol. The molecule has 1 aliphatic rings. The first-order chi connectivity index (χ1) is 13.4. The van der Waals surface area contributed by atoms with Crippen molar-refractivity contribution in [1.82, 2.24) is 4.90 Å². The summed E-state index contributed by atoms with van der Waals surface area (Å²) in [6.45, 7) is 2.21. The van der Waals surface area contributed by atoms with Crippen molar-refractivity contribution in [3.63, 3.8) is 0 Å². The number of amides is 1. The highest BCUT2D eigenvalue weighted by Crippen LogP contribution is 2.40. The lowest BCUT2D eigenvalue weighted by molar-refractivity contribution is -0.140. The van der Waals surface area contributed by atoms with Gasteiger partial charge in [0.1, 0.15) is 29.1 Å². The predicted molar refractivity (Wildman–Crippen MR) is 105 cm³/mol. The molecule has 0 spiro atoms. The number of hydrogen-bond donors (Lipinski definition) is 1. The second-order valence-corrected chi connectivity index (χ2v) is 7.14. The third-order valence-corrected chi connectivity index (χ3v) is 5.15. The normalized spacial score (nSPS) is 18.7. The van der Waals surface area contributed by atoms with Crippen molar-refractivity contribution < 1.29 is 28.6 Å². The number of Topliss-reactive ketones (excluding diaryl/α,β-unsaturated/α-hetero) is 1. The van der Waals surface area contributed by atoms with Gasteiger partial charge in [-0.2, -0.15) is 0 Å². The van der Waals surface area contributed by atoms with Gasteiger partial charge in [0, 0.05) is 19.2 Å². The van der Waals surface area contributed by atoms with E-state index in [0.29, 0.717) is 27.3 Å². The zero-order valence-electron chi connectivity index (χ0n) is 15.7. The van der Waals surface area contributed by atoms with Gasteiger partial charge in [0.15, 0.2) is 0 Å². The number of furan rings is 1. The monoisotopic (exact) mass is 449 g/mol. The fourth-order valence-electron chi connectivity index (χ4n) is 3.17. The average Bonchev–Trinajstić information content (AvgIpc) is 3.21. The Balaban J connectivity index is 2.14. The Morgan fingerprint density at radius 2 is 2.00 bits per heavy atom. The molecule has 1 N–H and O–H groups in total. The van der Waals surface area contributed by atoms with Crippen LogP contribution in [0.2, 0.25) is 0 Å². The third-order valence-electron chi connectivity index (χ3n) is 4.53. The van der Waals surface area contributed by atoms with E-state index in [1.54, 1.807) is 37.3 Å². The number of ketones is 1. The van der Waals surface area contributed by atoms with E-state index < -0.39 is 17.7 Å². The molecule has 8 heteroatoms. The van der Waals surface area contributed by atoms with Crippen molar-refractivity contribution in [2.45, 2.75) is 13.0 Å². The minimum Gasteiger partial charge on any atom is -0.507 e. The van der Waals surface area contributed by atoms with Crippen LogP contribution >= 0.6 is 15.9 Å². The highest BCUT2D eigenvalue weighted by Gasteiger charge is 2.47. The van der Waals surface area contributed by atoms with Crippen molar-refractivity contribution in [2.75, 3.05) is 27.4 Å². The van der Waals surface area contributed by atoms with Gasteiger partial charge in [-0.25, -0.2) is 0 Å². The van der Waals surface area contributed by atoms with E-state index in [2.05, 4.69) is 15.9 Å². The Labute approximate surface area is 170 Å². The highest BCUT2D eigenvalue weighted by molar-refractivity contribution is 9.10. The van der Waals surface area contributed by atoms with Crippen LogP contribution < -0.4 is 4.74 Å². The Hall–Kier alpha value is -2.58. The molecule has 1 saturated heterocycles. The molecule has 0 saturated carbocycles. The lowest BCUT2D eigenvalue weighted by atomic mass is 9.99. The lowest BCUT2D eigenvalue weighted by Gasteiger charge is -2.22. The van der Waals surface area contributed by atoms with Crippen LogP contribution in [0, 0.1) is 6.92 Å². The zero-order valence-corrected chi connectivity index (χ0v) is 17.3. The second-order valence-electron chi connectivity index (χ2n) is 6.28. The fraction of sp³-hybridized carbons (Fsp3) is 0.300. The molecule has 1 aromatic carbocycles. The van der Waals surface area contributed by atoms with Crippen LogP contribution in [0.3, 0.4) is 0 Å². The number of aliphatic hydroxyl groups is 1. The number of rotatable bonds is 6. The fourth-order valence-corrected chi connectivity index (χ4v) is 3.71. The van der Waals surface area contributed by atoms with E-state index in [1.165, 1.54) is 19.1 Å². The largest absolute Gasteiger partial charge is 0.507 e. The molecule has 1 amide bonds. The van der Waals surface area contributed by atoms with Gasteiger partial charge >= 0.3 is 0 Å². The van der Waals surface area contributed by atoms with Gasteiger partial charge in [0.25, 0.3) is 11.7 Å². The summed E-state index contributed by atoms with van der Waals surface area (Å²) in [6.07, 6.45) is 0. The van der Waals surface area contributed by atoms with Gasteiger partial charge < -0.3 is 23.9 Å². The molecule has 2 heterocycles. The van der Waals surface area contributed by atoms with E-state index in [9.17, 15) is 14.7 Å². The van der Waals surface area contributed by atoms with Crippen LogP contribution in [-0.2, 0) is 14.3 Å². The Morgan fingerprint density at radius 1 is 1.25 bits per heavy atom. The van der Waals surface area contributed by atoms with Crippen LogP contribution in [-0.4, -0.2) is 49.1 Å². The summed E-state index contributed by atoms with van der Waals surface area (Å²) in [4.78, 5) is 26.7. The van der Waals surface area contributed by atoms with Crippen LogP contribution in [0.5, 0.6) is 5.75 Å². The molecule has 148 valence electrons. The molecule has 1 aromatic heterocycles. The van der Waals surface area contributed by atoms with Crippen molar-refractivity contribution in [3.05, 3.63) is 57.5 Å². The molecule has 0 aliphatic carbocycles. The van der Waals surface area contributed by atoms with E-state index >= 15 is 0 Å². The van der Waals surface area contributed by atoms with E-state index in [4.69, 9.17) is 13.9 Å². The van der Waals surface area contributed by atoms with Crippen molar-refractivity contribution in [1.29, 1.82) is 0 Å². The minimum atomic E-state index is -0.829. The molecule has 3 rings (SSSR count). The number of aliphatic hydroxyl groups excluding tert-OH is 1.